The zero-order valence-corrected chi connectivity index (χ0v) is 18.5. The second kappa shape index (κ2) is 9.78. The van der Waals surface area contributed by atoms with Crippen LogP contribution < -0.4 is 14.1 Å². The SMILES string of the molecule is C=[N+](O)c1ccc(O[P@](=O)(N[C@@H](C)C(=O)OCC(C)(C)C)Oc2ccccc2)cc1. The van der Waals surface area contributed by atoms with Crippen LogP contribution in [0.4, 0.5) is 5.69 Å². The van der Waals surface area contributed by atoms with Gasteiger partial charge in [0.2, 0.25) is 0 Å². The molecule has 0 radical (unpaired) electrons. The lowest BCUT2D eigenvalue weighted by Gasteiger charge is -2.24. The Hall–Kier alpha value is -2.83. The molecule has 2 rings (SSSR count). The molecule has 0 fully saturated rings. The lowest BCUT2D eigenvalue weighted by atomic mass is 9.99. The predicted octanol–water partition coefficient (Wildman–Crippen LogP) is 4.55. The third kappa shape index (κ3) is 7.54. The van der Waals surface area contributed by atoms with Crippen molar-refractivity contribution < 1.29 is 33.1 Å². The molecule has 2 aromatic carbocycles. The van der Waals surface area contributed by atoms with Crippen molar-refractivity contribution in [2.24, 2.45) is 5.41 Å². The number of carbonyl (C=O) groups excluding carboxylic acids is 1. The maximum atomic E-state index is 13.5. The van der Waals surface area contributed by atoms with E-state index in [2.05, 4.69) is 11.8 Å². The largest absolute Gasteiger partial charge is 0.513 e. The Balaban J connectivity index is 2.19. The summed E-state index contributed by atoms with van der Waals surface area (Å²) in [6, 6.07) is 13.6. The maximum absolute atomic E-state index is 13.5. The molecule has 8 nitrogen and oxygen atoms in total. The van der Waals surface area contributed by atoms with Crippen LogP contribution in [0.15, 0.2) is 54.6 Å². The monoisotopic (exact) mass is 435 g/mol. The van der Waals surface area contributed by atoms with Crippen molar-refractivity contribution in [2.45, 2.75) is 33.7 Å². The highest BCUT2D eigenvalue weighted by molar-refractivity contribution is 7.52. The number of benzene rings is 2. The Morgan fingerprint density at radius 2 is 1.63 bits per heavy atom. The van der Waals surface area contributed by atoms with Crippen LogP contribution in [0.5, 0.6) is 11.5 Å². The number of para-hydroxylation sites is 1. The van der Waals surface area contributed by atoms with E-state index in [1.165, 1.54) is 31.2 Å². The Morgan fingerprint density at radius 1 is 1.10 bits per heavy atom. The smallest absolute Gasteiger partial charge is 0.464 e. The van der Waals surface area contributed by atoms with E-state index in [0.29, 0.717) is 16.2 Å². The minimum Gasteiger partial charge on any atom is -0.464 e. The average Bonchev–Trinajstić information content (AvgIpc) is 2.66. The molecule has 2 aromatic rings. The van der Waals surface area contributed by atoms with Gasteiger partial charge in [-0.05, 0) is 36.6 Å². The Labute approximate surface area is 176 Å². The number of ether oxygens (including phenoxy) is 1. The van der Waals surface area contributed by atoms with E-state index >= 15 is 0 Å². The molecule has 0 spiro atoms. The first-order valence-corrected chi connectivity index (χ1v) is 10.9. The average molecular weight is 435 g/mol. The summed E-state index contributed by atoms with van der Waals surface area (Å²) in [6.45, 7) is 10.9. The molecule has 162 valence electrons. The molecule has 9 heteroatoms. The van der Waals surface area contributed by atoms with Crippen LogP contribution in [0.1, 0.15) is 27.7 Å². The first-order valence-electron chi connectivity index (χ1n) is 9.36. The highest BCUT2D eigenvalue weighted by Crippen LogP contribution is 2.45. The minimum absolute atomic E-state index is 0.202. The first kappa shape index (κ1) is 23.4. The van der Waals surface area contributed by atoms with Crippen LogP contribution in [0, 0.1) is 5.41 Å². The van der Waals surface area contributed by atoms with Gasteiger partial charge in [-0.25, -0.2) is 4.57 Å². The molecule has 0 saturated carbocycles. The zero-order chi connectivity index (χ0) is 22.4. The lowest BCUT2D eigenvalue weighted by molar-refractivity contribution is -0.706. The Kier molecular flexibility index (Phi) is 7.65. The number of hydrogen-bond donors (Lipinski definition) is 2. The molecule has 0 aromatic heterocycles. The summed E-state index contributed by atoms with van der Waals surface area (Å²) in [5.74, 6) is -0.0594. The third-order valence-corrected chi connectivity index (χ3v) is 5.29. The summed E-state index contributed by atoms with van der Waals surface area (Å²) in [5.41, 5.74) is 0.209. The van der Waals surface area contributed by atoms with Gasteiger partial charge in [0.05, 0.1) is 6.61 Å². The summed E-state index contributed by atoms with van der Waals surface area (Å²) in [4.78, 5) is 12.3. The van der Waals surface area contributed by atoms with Crippen LogP contribution in [0.3, 0.4) is 0 Å². The molecule has 2 atom stereocenters. The fraction of sp³-hybridized carbons (Fsp3) is 0.333. The summed E-state index contributed by atoms with van der Waals surface area (Å²) >= 11 is 0. The van der Waals surface area contributed by atoms with Crippen LogP contribution in [0.25, 0.3) is 0 Å². The highest BCUT2D eigenvalue weighted by atomic mass is 31.2. The van der Waals surface area contributed by atoms with Gasteiger partial charge in [-0.2, -0.15) is 5.09 Å². The summed E-state index contributed by atoms with van der Waals surface area (Å²) in [5, 5.41) is 12.0. The van der Waals surface area contributed by atoms with Gasteiger partial charge in [0.1, 0.15) is 17.5 Å². The van der Waals surface area contributed by atoms with E-state index in [4.69, 9.17) is 13.8 Å². The minimum atomic E-state index is -4.02. The van der Waals surface area contributed by atoms with Crippen molar-refractivity contribution in [3.8, 4) is 11.5 Å². The molecule has 0 bridgehead atoms. The predicted molar refractivity (Wildman–Crippen MR) is 114 cm³/mol. The van der Waals surface area contributed by atoms with Gasteiger partial charge in [0.25, 0.3) is 5.69 Å². The second-order valence-electron chi connectivity index (χ2n) is 7.91. The molecule has 0 unspecified atom stereocenters. The first-order chi connectivity index (χ1) is 14.0. The molecule has 0 aliphatic heterocycles. The molecule has 0 amide bonds. The fourth-order valence-electron chi connectivity index (χ4n) is 2.21. The van der Waals surface area contributed by atoms with E-state index in [1.54, 1.807) is 30.3 Å². The molecule has 0 aliphatic carbocycles. The molecular weight excluding hydrogens is 407 g/mol. The number of hydrogen-bond acceptors (Lipinski definition) is 6. The van der Waals surface area contributed by atoms with Crippen molar-refractivity contribution in [1.82, 2.24) is 5.09 Å². The third-order valence-electron chi connectivity index (χ3n) is 3.68. The van der Waals surface area contributed by atoms with E-state index in [9.17, 15) is 14.6 Å². The molecule has 0 aliphatic rings. The standard InChI is InChI=1S/C21H28N2O6P/c1-16(20(24)27-15-21(2,3)4)22-30(26,28-18-9-7-6-8-10-18)29-19-13-11-17(12-14-19)23(5)25/h6-14,16,25H,5,15H2,1-4H3,(H,22,26)/q+1/t16-,30-/m0/s1. The van der Waals surface area contributed by atoms with Crippen molar-refractivity contribution >= 4 is 26.1 Å². The topological polar surface area (TPSA) is 97.1 Å². The highest BCUT2D eigenvalue weighted by Gasteiger charge is 2.34. The van der Waals surface area contributed by atoms with Gasteiger partial charge >= 0.3 is 13.7 Å². The van der Waals surface area contributed by atoms with E-state index in [-0.39, 0.29) is 17.8 Å². The summed E-state index contributed by atoms with van der Waals surface area (Å²) in [6.07, 6.45) is 0. The van der Waals surface area contributed by atoms with Crippen LogP contribution in [-0.4, -0.2) is 35.3 Å². The number of rotatable bonds is 9. The van der Waals surface area contributed by atoms with Gasteiger partial charge in [-0.1, -0.05) is 39.0 Å². The fourth-order valence-corrected chi connectivity index (χ4v) is 3.73. The number of nitrogens with one attached hydrogen (secondary N) is 1. The quantitative estimate of drug-likeness (QED) is 0.149. The van der Waals surface area contributed by atoms with Crippen LogP contribution in [-0.2, 0) is 14.1 Å². The Morgan fingerprint density at radius 3 is 2.13 bits per heavy atom. The molecule has 0 saturated heterocycles. The second-order valence-corrected chi connectivity index (χ2v) is 9.52. The number of esters is 1. The van der Waals surface area contributed by atoms with Gasteiger partial charge in [-0.3, -0.25) is 10.0 Å². The van der Waals surface area contributed by atoms with E-state index < -0.39 is 19.8 Å². The van der Waals surface area contributed by atoms with Gasteiger partial charge in [-0.15, -0.1) is 0 Å². The summed E-state index contributed by atoms with van der Waals surface area (Å²) < 4.78 is 30.6. The van der Waals surface area contributed by atoms with Crippen molar-refractivity contribution in [3.63, 3.8) is 0 Å². The molecular formula is C21H28N2O6P+. The van der Waals surface area contributed by atoms with Gasteiger partial charge < -0.3 is 13.8 Å². The van der Waals surface area contributed by atoms with Crippen molar-refractivity contribution in [3.05, 3.63) is 54.6 Å². The van der Waals surface area contributed by atoms with Crippen molar-refractivity contribution in [1.29, 1.82) is 0 Å². The molecule has 2 N–H and O–H groups in total. The normalized spacial score (nSPS) is 14.3. The van der Waals surface area contributed by atoms with Crippen LogP contribution in [0.2, 0.25) is 0 Å². The van der Waals surface area contributed by atoms with Crippen LogP contribution >= 0.6 is 7.75 Å². The number of carbonyl (C=O) groups is 1. The van der Waals surface area contributed by atoms with Crippen molar-refractivity contribution in [2.75, 3.05) is 6.61 Å². The summed E-state index contributed by atoms with van der Waals surface area (Å²) in [7, 11) is -4.02. The van der Waals surface area contributed by atoms with Gasteiger partial charge in [0.15, 0.2) is 6.72 Å². The Bertz CT molecular complexity index is 909. The van der Waals surface area contributed by atoms with Gasteiger partial charge in [0, 0.05) is 16.9 Å². The van der Waals surface area contributed by atoms with E-state index in [0.717, 1.165) is 0 Å². The number of nitrogens with zero attached hydrogens (tertiary/aromatic N) is 1. The molecule has 30 heavy (non-hydrogen) atoms. The maximum Gasteiger partial charge on any atom is 0.513 e. The van der Waals surface area contributed by atoms with E-state index in [1.807, 2.05) is 20.8 Å². The zero-order valence-electron chi connectivity index (χ0n) is 17.6. The lowest BCUT2D eigenvalue weighted by Crippen LogP contribution is -2.37. The molecule has 0 heterocycles.